The Morgan fingerprint density at radius 1 is 1.17 bits per heavy atom. The molecule has 0 radical (unpaired) electrons. The molecule has 24 heavy (non-hydrogen) atoms. The SMILES string of the molecule is CCN(CC)C(=O)c1ccc(CNC(=O)C2CCC(N)C2)cc1.Cl. The monoisotopic (exact) mass is 353 g/mol. The zero-order chi connectivity index (χ0) is 16.8. The molecule has 3 N–H and O–H groups in total. The van der Waals surface area contributed by atoms with Gasteiger partial charge >= 0.3 is 0 Å². The maximum atomic E-state index is 12.2. The third kappa shape index (κ3) is 5.21. The standard InChI is InChI=1S/C18H27N3O2.ClH/c1-3-21(4-2)18(23)14-7-5-13(6-8-14)12-20-17(22)15-9-10-16(19)11-15;/h5-8,15-16H,3-4,9-12,19H2,1-2H3,(H,20,22);1H. The number of nitrogens with one attached hydrogen (secondary N) is 1. The summed E-state index contributed by atoms with van der Waals surface area (Å²) >= 11 is 0. The number of amides is 2. The molecule has 0 saturated heterocycles. The van der Waals surface area contributed by atoms with E-state index < -0.39 is 0 Å². The average molecular weight is 354 g/mol. The number of hydrogen-bond acceptors (Lipinski definition) is 3. The Hall–Kier alpha value is -1.59. The van der Waals surface area contributed by atoms with E-state index in [9.17, 15) is 9.59 Å². The first-order valence-electron chi connectivity index (χ1n) is 8.46. The van der Waals surface area contributed by atoms with Crippen LogP contribution in [0.25, 0.3) is 0 Å². The van der Waals surface area contributed by atoms with Crippen LogP contribution in [0.3, 0.4) is 0 Å². The zero-order valence-electron chi connectivity index (χ0n) is 14.5. The Labute approximate surface area is 150 Å². The molecule has 0 bridgehead atoms. The molecular weight excluding hydrogens is 326 g/mol. The lowest BCUT2D eigenvalue weighted by Gasteiger charge is -2.18. The number of nitrogens with zero attached hydrogens (tertiary/aromatic N) is 1. The van der Waals surface area contributed by atoms with Crippen molar-refractivity contribution in [3.63, 3.8) is 0 Å². The summed E-state index contributed by atoms with van der Waals surface area (Å²) < 4.78 is 0. The molecule has 0 spiro atoms. The first kappa shape index (κ1) is 20.5. The van der Waals surface area contributed by atoms with Crippen LogP contribution >= 0.6 is 12.4 Å². The second kappa shape index (κ2) is 9.64. The zero-order valence-corrected chi connectivity index (χ0v) is 15.3. The first-order valence-corrected chi connectivity index (χ1v) is 8.46. The molecule has 2 amide bonds. The summed E-state index contributed by atoms with van der Waals surface area (Å²) in [6.45, 7) is 5.85. The first-order chi connectivity index (χ1) is 11.0. The predicted molar refractivity (Wildman–Crippen MR) is 98.1 cm³/mol. The van der Waals surface area contributed by atoms with Gasteiger partial charge in [-0.1, -0.05) is 12.1 Å². The molecule has 0 aromatic heterocycles. The van der Waals surface area contributed by atoms with Crippen molar-refractivity contribution in [2.45, 2.75) is 45.7 Å². The fourth-order valence-electron chi connectivity index (χ4n) is 3.05. The number of hydrogen-bond donors (Lipinski definition) is 2. The predicted octanol–water partition coefficient (Wildman–Crippen LogP) is 2.33. The molecule has 134 valence electrons. The van der Waals surface area contributed by atoms with Gasteiger partial charge in [0.05, 0.1) is 0 Å². The number of rotatable bonds is 6. The minimum Gasteiger partial charge on any atom is -0.352 e. The Morgan fingerprint density at radius 3 is 2.29 bits per heavy atom. The highest BCUT2D eigenvalue weighted by Crippen LogP contribution is 2.24. The van der Waals surface area contributed by atoms with Crippen molar-refractivity contribution >= 4 is 24.2 Å². The Bertz CT molecular complexity index is 544. The molecule has 1 aromatic rings. The van der Waals surface area contributed by atoms with E-state index in [1.807, 2.05) is 38.1 Å². The largest absolute Gasteiger partial charge is 0.352 e. The Kier molecular flexibility index (Phi) is 8.22. The molecule has 1 saturated carbocycles. The van der Waals surface area contributed by atoms with Gasteiger partial charge in [0.15, 0.2) is 0 Å². The van der Waals surface area contributed by atoms with Crippen molar-refractivity contribution in [2.75, 3.05) is 13.1 Å². The molecule has 0 heterocycles. The lowest BCUT2D eigenvalue weighted by atomic mass is 10.1. The van der Waals surface area contributed by atoms with Crippen LogP contribution in [-0.2, 0) is 11.3 Å². The number of nitrogens with two attached hydrogens (primary N) is 1. The highest BCUT2D eigenvalue weighted by Gasteiger charge is 2.27. The van der Waals surface area contributed by atoms with E-state index in [0.717, 1.165) is 24.8 Å². The summed E-state index contributed by atoms with van der Waals surface area (Å²) in [5.74, 6) is 0.181. The molecule has 1 aliphatic rings. The molecule has 5 nitrogen and oxygen atoms in total. The van der Waals surface area contributed by atoms with Crippen molar-refractivity contribution in [3.8, 4) is 0 Å². The lowest BCUT2D eigenvalue weighted by molar-refractivity contribution is -0.125. The fourth-order valence-corrected chi connectivity index (χ4v) is 3.05. The molecule has 1 fully saturated rings. The van der Waals surface area contributed by atoms with Crippen molar-refractivity contribution in [3.05, 3.63) is 35.4 Å². The Balaban J connectivity index is 0.00000288. The summed E-state index contributed by atoms with van der Waals surface area (Å²) in [6.07, 6.45) is 2.59. The van der Waals surface area contributed by atoms with Gasteiger partial charge in [0.1, 0.15) is 0 Å². The summed E-state index contributed by atoms with van der Waals surface area (Å²) in [6, 6.07) is 7.62. The maximum absolute atomic E-state index is 12.2. The highest BCUT2D eigenvalue weighted by atomic mass is 35.5. The topological polar surface area (TPSA) is 75.4 Å². The molecule has 1 aromatic carbocycles. The molecule has 1 aliphatic carbocycles. The van der Waals surface area contributed by atoms with Gasteiger partial charge < -0.3 is 16.0 Å². The second-order valence-corrected chi connectivity index (χ2v) is 6.16. The van der Waals surface area contributed by atoms with Crippen LogP contribution in [0.2, 0.25) is 0 Å². The van der Waals surface area contributed by atoms with Gasteiger partial charge in [0.25, 0.3) is 5.91 Å². The third-order valence-electron chi connectivity index (χ3n) is 4.56. The lowest BCUT2D eigenvalue weighted by Crippen LogP contribution is -2.31. The second-order valence-electron chi connectivity index (χ2n) is 6.16. The quantitative estimate of drug-likeness (QED) is 0.824. The molecule has 0 aliphatic heterocycles. The van der Waals surface area contributed by atoms with E-state index in [1.165, 1.54) is 0 Å². The minimum atomic E-state index is 0. The summed E-state index contributed by atoms with van der Waals surface area (Å²) in [4.78, 5) is 26.1. The maximum Gasteiger partial charge on any atom is 0.253 e. The third-order valence-corrected chi connectivity index (χ3v) is 4.56. The van der Waals surface area contributed by atoms with Gasteiger partial charge in [-0.25, -0.2) is 0 Å². The fraction of sp³-hybridized carbons (Fsp3) is 0.556. The van der Waals surface area contributed by atoms with E-state index in [4.69, 9.17) is 5.73 Å². The van der Waals surface area contributed by atoms with Crippen molar-refractivity contribution in [2.24, 2.45) is 11.7 Å². The smallest absolute Gasteiger partial charge is 0.253 e. The van der Waals surface area contributed by atoms with Crippen LogP contribution in [0.4, 0.5) is 0 Å². The molecule has 2 rings (SSSR count). The van der Waals surface area contributed by atoms with Gasteiger partial charge in [-0.2, -0.15) is 0 Å². The normalized spacial score (nSPS) is 19.5. The number of benzene rings is 1. The number of carbonyl (C=O) groups excluding carboxylic acids is 2. The van der Waals surface area contributed by atoms with E-state index in [-0.39, 0.29) is 36.2 Å². The number of carbonyl (C=O) groups is 2. The van der Waals surface area contributed by atoms with Crippen LogP contribution < -0.4 is 11.1 Å². The van der Waals surface area contributed by atoms with Crippen molar-refractivity contribution in [1.29, 1.82) is 0 Å². The average Bonchev–Trinajstić information content (AvgIpc) is 3.00. The van der Waals surface area contributed by atoms with Crippen LogP contribution in [0, 0.1) is 5.92 Å². The van der Waals surface area contributed by atoms with Gasteiger partial charge in [-0.05, 0) is 50.8 Å². The van der Waals surface area contributed by atoms with Crippen LogP contribution in [0.1, 0.15) is 49.0 Å². The summed E-state index contributed by atoms with van der Waals surface area (Å²) in [5, 5.41) is 2.97. The van der Waals surface area contributed by atoms with Gasteiger partial charge in [0, 0.05) is 37.2 Å². The van der Waals surface area contributed by atoms with Gasteiger partial charge in [0.2, 0.25) is 5.91 Å². The molecule has 2 unspecified atom stereocenters. The molecule has 6 heteroatoms. The van der Waals surface area contributed by atoms with Crippen molar-refractivity contribution < 1.29 is 9.59 Å². The van der Waals surface area contributed by atoms with E-state index in [0.29, 0.717) is 25.2 Å². The summed E-state index contributed by atoms with van der Waals surface area (Å²) in [7, 11) is 0. The van der Waals surface area contributed by atoms with Crippen molar-refractivity contribution in [1.82, 2.24) is 10.2 Å². The molecule has 2 atom stereocenters. The molecular formula is C18H28ClN3O2. The minimum absolute atomic E-state index is 0. The Morgan fingerprint density at radius 2 is 1.79 bits per heavy atom. The van der Waals surface area contributed by atoms with E-state index >= 15 is 0 Å². The summed E-state index contributed by atoms with van der Waals surface area (Å²) in [5.41, 5.74) is 7.53. The van der Waals surface area contributed by atoms with Gasteiger partial charge in [-0.3, -0.25) is 9.59 Å². The van der Waals surface area contributed by atoms with E-state index in [2.05, 4.69) is 5.32 Å². The van der Waals surface area contributed by atoms with Gasteiger partial charge in [-0.15, -0.1) is 12.4 Å². The van der Waals surface area contributed by atoms with Crippen LogP contribution in [-0.4, -0.2) is 35.8 Å². The van der Waals surface area contributed by atoms with E-state index in [1.54, 1.807) is 4.90 Å². The van der Waals surface area contributed by atoms with Crippen LogP contribution in [0.15, 0.2) is 24.3 Å². The number of halogens is 1. The highest BCUT2D eigenvalue weighted by molar-refractivity contribution is 5.94. The van der Waals surface area contributed by atoms with Crippen LogP contribution in [0.5, 0.6) is 0 Å².